The standard InChI is InChI=1S/C22H12S4/c1(13-11-17-15-7-9-23-19(15)3-5-21(17)25-13)2-14-12-18-16-8-10-24-20(16)4-6-22(18)26-14/h1-12H/b2-1+. The predicted octanol–water partition coefficient (Wildman–Crippen LogP) is 8.72. The van der Waals surface area contributed by atoms with Crippen LogP contribution in [0, 0.1) is 0 Å². The second kappa shape index (κ2) is 5.76. The van der Waals surface area contributed by atoms with Gasteiger partial charge in [-0.25, -0.2) is 0 Å². The van der Waals surface area contributed by atoms with Crippen molar-refractivity contribution in [3.8, 4) is 0 Å². The zero-order valence-corrected chi connectivity index (χ0v) is 16.8. The van der Waals surface area contributed by atoms with Gasteiger partial charge in [0.2, 0.25) is 0 Å². The van der Waals surface area contributed by atoms with E-state index in [-0.39, 0.29) is 0 Å². The molecule has 0 aliphatic heterocycles. The second-order valence-corrected chi connectivity index (χ2v) is 10.4. The molecule has 0 fully saturated rings. The van der Waals surface area contributed by atoms with E-state index in [9.17, 15) is 0 Å². The van der Waals surface area contributed by atoms with Gasteiger partial charge in [-0.15, -0.1) is 45.3 Å². The molecule has 0 radical (unpaired) electrons. The molecule has 0 aliphatic carbocycles. The first kappa shape index (κ1) is 15.1. The normalized spacial score (nSPS) is 12.5. The van der Waals surface area contributed by atoms with Crippen molar-refractivity contribution in [2.24, 2.45) is 0 Å². The zero-order chi connectivity index (χ0) is 17.1. The Hall–Kier alpha value is -1.98. The lowest BCUT2D eigenvalue weighted by Crippen LogP contribution is -1.64. The van der Waals surface area contributed by atoms with Crippen molar-refractivity contribution in [3.63, 3.8) is 0 Å². The van der Waals surface area contributed by atoms with Gasteiger partial charge in [0.25, 0.3) is 0 Å². The molecule has 0 unspecified atom stereocenters. The van der Waals surface area contributed by atoms with Crippen molar-refractivity contribution in [3.05, 3.63) is 69.0 Å². The summed E-state index contributed by atoms with van der Waals surface area (Å²) in [5.41, 5.74) is 0. The molecule has 0 atom stereocenters. The van der Waals surface area contributed by atoms with Gasteiger partial charge in [-0.2, -0.15) is 0 Å². The maximum atomic E-state index is 2.33. The molecule has 124 valence electrons. The van der Waals surface area contributed by atoms with E-state index >= 15 is 0 Å². The number of rotatable bonds is 2. The molecule has 0 amide bonds. The molecule has 4 heterocycles. The van der Waals surface area contributed by atoms with Crippen LogP contribution in [0.2, 0.25) is 0 Å². The van der Waals surface area contributed by atoms with Gasteiger partial charge in [-0.3, -0.25) is 0 Å². The topological polar surface area (TPSA) is 0 Å². The van der Waals surface area contributed by atoms with E-state index < -0.39 is 0 Å². The van der Waals surface area contributed by atoms with Crippen molar-refractivity contribution in [2.45, 2.75) is 0 Å². The fourth-order valence-corrected chi connectivity index (χ4v) is 7.06. The molecule has 26 heavy (non-hydrogen) atoms. The number of benzene rings is 2. The van der Waals surface area contributed by atoms with E-state index in [4.69, 9.17) is 0 Å². The average Bonchev–Trinajstić information content (AvgIpc) is 3.43. The molecule has 0 nitrogen and oxygen atoms in total. The van der Waals surface area contributed by atoms with E-state index in [1.165, 1.54) is 50.1 Å². The van der Waals surface area contributed by atoms with Gasteiger partial charge in [0, 0.05) is 50.1 Å². The van der Waals surface area contributed by atoms with Crippen LogP contribution in [-0.4, -0.2) is 0 Å². The van der Waals surface area contributed by atoms with Crippen LogP contribution in [0.25, 0.3) is 52.5 Å². The maximum Gasteiger partial charge on any atom is 0.0356 e. The summed E-state index contributed by atoms with van der Waals surface area (Å²) in [5, 5.41) is 9.88. The molecule has 0 spiro atoms. The minimum atomic E-state index is 1.32. The van der Waals surface area contributed by atoms with Crippen molar-refractivity contribution in [1.82, 2.24) is 0 Å². The molecule has 0 saturated heterocycles. The second-order valence-electron chi connectivity index (χ2n) is 6.25. The molecular formula is C22H12S4. The highest BCUT2D eigenvalue weighted by Crippen LogP contribution is 2.37. The van der Waals surface area contributed by atoms with Gasteiger partial charge in [0.1, 0.15) is 0 Å². The Balaban J connectivity index is 1.44. The van der Waals surface area contributed by atoms with Crippen LogP contribution in [0.15, 0.2) is 59.3 Å². The first-order valence-electron chi connectivity index (χ1n) is 8.33. The zero-order valence-electron chi connectivity index (χ0n) is 13.6. The van der Waals surface area contributed by atoms with Gasteiger partial charge < -0.3 is 0 Å². The minimum Gasteiger partial charge on any atom is -0.144 e. The fourth-order valence-electron chi connectivity index (χ4n) is 3.49. The molecule has 0 aliphatic rings. The van der Waals surface area contributed by atoms with Crippen LogP contribution in [0.3, 0.4) is 0 Å². The first-order chi connectivity index (χ1) is 12.8. The van der Waals surface area contributed by atoms with E-state index in [1.807, 2.05) is 45.3 Å². The number of fused-ring (bicyclic) bond motifs is 6. The molecule has 4 heteroatoms. The first-order valence-corrected chi connectivity index (χ1v) is 11.7. The SMILES string of the molecule is C(=C\c1cc2c(ccc3sccc32)s1)/c1cc2c(ccc3sccc32)s1. The van der Waals surface area contributed by atoms with Gasteiger partial charge in [0.05, 0.1) is 0 Å². The number of hydrogen-bond acceptors (Lipinski definition) is 4. The summed E-state index contributed by atoms with van der Waals surface area (Å²) < 4.78 is 5.48. The van der Waals surface area contributed by atoms with E-state index in [2.05, 4.69) is 71.4 Å². The summed E-state index contributed by atoms with van der Waals surface area (Å²) in [5.74, 6) is 0. The minimum absolute atomic E-state index is 1.32. The lowest BCUT2D eigenvalue weighted by Gasteiger charge is -1.90. The van der Waals surface area contributed by atoms with Gasteiger partial charge in [-0.1, -0.05) is 0 Å². The van der Waals surface area contributed by atoms with Gasteiger partial charge in [0.15, 0.2) is 0 Å². The van der Waals surface area contributed by atoms with E-state index in [0.29, 0.717) is 0 Å². The highest BCUT2D eigenvalue weighted by Gasteiger charge is 2.07. The Labute approximate surface area is 166 Å². The largest absolute Gasteiger partial charge is 0.144 e. The van der Waals surface area contributed by atoms with Crippen LogP contribution >= 0.6 is 45.3 Å². The molecule has 4 aromatic heterocycles. The summed E-state index contributed by atoms with van der Waals surface area (Å²) in [6, 6.07) is 18.1. The molecular weight excluding hydrogens is 393 g/mol. The monoisotopic (exact) mass is 404 g/mol. The molecule has 6 rings (SSSR count). The Bertz CT molecular complexity index is 1320. The van der Waals surface area contributed by atoms with Crippen LogP contribution in [0.1, 0.15) is 9.75 Å². The summed E-state index contributed by atoms with van der Waals surface area (Å²) in [4.78, 5) is 2.63. The third kappa shape index (κ3) is 2.30. The predicted molar refractivity (Wildman–Crippen MR) is 123 cm³/mol. The summed E-state index contributed by atoms with van der Waals surface area (Å²) in [6.45, 7) is 0. The Morgan fingerprint density at radius 3 is 1.46 bits per heavy atom. The molecule has 0 saturated carbocycles. The lowest BCUT2D eigenvalue weighted by molar-refractivity contribution is 1.99. The highest BCUT2D eigenvalue weighted by atomic mass is 32.1. The highest BCUT2D eigenvalue weighted by molar-refractivity contribution is 7.22. The number of thiophene rings is 4. The van der Waals surface area contributed by atoms with Gasteiger partial charge in [-0.05, 0) is 71.4 Å². The van der Waals surface area contributed by atoms with Crippen molar-refractivity contribution in [1.29, 1.82) is 0 Å². The fraction of sp³-hybridized carbons (Fsp3) is 0. The van der Waals surface area contributed by atoms with Crippen LogP contribution < -0.4 is 0 Å². The Morgan fingerprint density at radius 2 is 0.962 bits per heavy atom. The summed E-state index contributed by atoms with van der Waals surface area (Å²) in [7, 11) is 0. The van der Waals surface area contributed by atoms with E-state index in [1.54, 1.807) is 0 Å². The molecule has 0 N–H and O–H groups in total. The summed E-state index contributed by atoms with van der Waals surface area (Å²) in [6.07, 6.45) is 4.52. The average molecular weight is 405 g/mol. The smallest absolute Gasteiger partial charge is 0.0356 e. The van der Waals surface area contributed by atoms with Gasteiger partial charge >= 0.3 is 0 Å². The lowest BCUT2D eigenvalue weighted by atomic mass is 10.1. The quantitative estimate of drug-likeness (QED) is 0.271. The van der Waals surface area contributed by atoms with E-state index in [0.717, 1.165) is 0 Å². The van der Waals surface area contributed by atoms with Crippen molar-refractivity contribution < 1.29 is 0 Å². The third-order valence-electron chi connectivity index (χ3n) is 4.71. The molecule has 6 aromatic rings. The Kier molecular flexibility index (Phi) is 3.35. The Morgan fingerprint density at radius 1 is 0.500 bits per heavy atom. The maximum absolute atomic E-state index is 2.33. The third-order valence-corrected chi connectivity index (χ3v) is 8.61. The van der Waals surface area contributed by atoms with Crippen LogP contribution in [-0.2, 0) is 0 Å². The molecule has 2 aromatic carbocycles. The summed E-state index contributed by atoms with van der Waals surface area (Å²) >= 11 is 7.37. The van der Waals surface area contributed by atoms with Crippen molar-refractivity contribution >= 4 is 97.8 Å². The van der Waals surface area contributed by atoms with Crippen LogP contribution in [0.5, 0.6) is 0 Å². The molecule has 0 bridgehead atoms. The van der Waals surface area contributed by atoms with Crippen molar-refractivity contribution in [2.75, 3.05) is 0 Å². The number of hydrogen-bond donors (Lipinski definition) is 0. The van der Waals surface area contributed by atoms with Crippen LogP contribution in [0.4, 0.5) is 0 Å².